The first-order valence-corrected chi connectivity index (χ1v) is 10.1. The smallest absolute Gasteiger partial charge is 0.410 e. The molecule has 0 N–H and O–H groups in total. The number of halogens is 1. The molecule has 26 heavy (non-hydrogen) atoms. The standard InChI is InChI=1S/C20H27BrN2O3/c1-19(2,3)26-18(25)22-13-10-20(11-14-22)9-4-12-23(17(20)24)16-7-5-15(21)6-8-16/h5-8H,4,9-14H2,1-3H3. The lowest BCUT2D eigenvalue weighted by Gasteiger charge is -2.46. The van der Waals surface area contributed by atoms with Crippen molar-refractivity contribution in [3.8, 4) is 0 Å². The maximum absolute atomic E-state index is 13.3. The number of rotatable bonds is 1. The highest BCUT2D eigenvalue weighted by molar-refractivity contribution is 9.10. The van der Waals surface area contributed by atoms with E-state index < -0.39 is 5.60 Å². The van der Waals surface area contributed by atoms with Gasteiger partial charge in [-0.3, -0.25) is 4.79 Å². The molecule has 2 aliphatic rings. The first-order chi connectivity index (χ1) is 12.2. The Hall–Kier alpha value is -1.56. The van der Waals surface area contributed by atoms with Gasteiger partial charge in [0.15, 0.2) is 0 Å². The summed E-state index contributed by atoms with van der Waals surface area (Å²) in [6.45, 7) is 7.53. The van der Waals surface area contributed by atoms with Crippen LogP contribution in [0, 0.1) is 5.41 Å². The summed E-state index contributed by atoms with van der Waals surface area (Å²) in [6.07, 6.45) is 3.03. The van der Waals surface area contributed by atoms with Crippen LogP contribution < -0.4 is 4.90 Å². The van der Waals surface area contributed by atoms with E-state index in [1.165, 1.54) is 0 Å². The summed E-state index contributed by atoms with van der Waals surface area (Å²) < 4.78 is 6.47. The third-order valence-electron chi connectivity index (χ3n) is 5.25. The van der Waals surface area contributed by atoms with Crippen LogP contribution in [0.25, 0.3) is 0 Å². The number of hydrogen-bond acceptors (Lipinski definition) is 3. The molecule has 142 valence electrons. The van der Waals surface area contributed by atoms with Crippen molar-refractivity contribution >= 4 is 33.6 Å². The lowest BCUT2D eigenvalue weighted by Crippen LogP contribution is -2.55. The molecule has 5 nitrogen and oxygen atoms in total. The van der Waals surface area contributed by atoms with Gasteiger partial charge in [-0.25, -0.2) is 4.79 Å². The molecule has 0 aliphatic carbocycles. The third-order valence-corrected chi connectivity index (χ3v) is 5.78. The number of anilines is 1. The van der Waals surface area contributed by atoms with Crippen LogP contribution in [0.4, 0.5) is 10.5 Å². The Balaban J connectivity index is 1.68. The molecule has 0 aromatic heterocycles. The number of nitrogens with zero attached hydrogens (tertiary/aromatic N) is 2. The molecule has 1 spiro atoms. The first kappa shape index (κ1) is 19.2. The van der Waals surface area contributed by atoms with Crippen molar-refractivity contribution in [2.45, 2.75) is 52.1 Å². The molecule has 2 fully saturated rings. The molecular weight excluding hydrogens is 396 g/mol. The third kappa shape index (κ3) is 4.05. The Kier molecular flexibility index (Phi) is 5.33. The van der Waals surface area contributed by atoms with Gasteiger partial charge in [-0.2, -0.15) is 0 Å². The van der Waals surface area contributed by atoms with Gasteiger partial charge in [-0.15, -0.1) is 0 Å². The molecule has 2 saturated heterocycles. The van der Waals surface area contributed by atoms with Crippen LogP contribution in [0.2, 0.25) is 0 Å². The Morgan fingerprint density at radius 3 is 2.27 bits per heavy atom. The van der Waals surface area contributed by atoms with Gasteiger partial charge in [0.25, 0.3) is 0 Å². The van der Waals surface area contributed by atoms with E-state index in [1.54, 1.807) is 4.90 Å². The van der Waals surface area contributed by atoms with Crippen LogP contribution >= 0.6 is 15.9 Å². The van der Waals surface area contributed by atoms with E-state index >= 15 is 0 Å². The van der Waals surface area contributed by atoms with Crippen molar-refractivity contribution < 1.29 is 14.3 Å². The highest BCUT2D eigenvalue weighted by Gasteiger charge is 2.47. The molecule has 0 saturated carbocycles. The minimum absolute atomic E-state index is 0.204. The van der Waals surface area contributed by atoms with Gasteiger partial charge in [0.2, 0.25) is 5.91 Å². The zero-order valence-electron chi connectivity index (χ0n) is 15.8. The maximum atomic E-state index is 13.3. The molecule has 2 aliphatic heterocycles. The van der Waals surface area contributed by atoms with Crippen LogP contribution in [0.5, 0.6) is 0 Å². The summed E-state index contributed by atoms with van der Waals surface area (Å²) in [6, 6.07) is 7.90. The van der Waals surface area contributed by atoms with Crippen molar-refractivity contribution in [2.75, 3.05) is 24.5 Å². The number of piperidine rings is 2. The summed E-state index contributed by atoms with van der Waals surface area (Å²) in [5, 5.41) is 0. The fraction of sp³-hybridized carbons (Fsp3) is 0.600. The van der Waals surface area contributed by atoms with E-state index in [4.69, 9.17) is 4.74 Å². The zero-order valence-corrected chi connectivity index (χ0v) is 17.3. The summed E-state index contributed by atoms with van der Waals surface area (Å²) in [7, 11) is 0. The average Bonchev–Trinajstić information content (AvgIpc) is 2.57. The summed E-state index contributed by atoms with van der Waals surface area (Å²) in [4.78, 5) is 29.2. The lowest BCUT2D eigenvalue weighted by molar-refractivity contribution is -0.133. The van der Waals surface area contributed by atoms with Crippen LogP contribution in [0.15, 0.2) is 28.7 Å². The van der Waals surface area contributed by atoms with Crippen molar-refractivity contribution in [2.24, 2.45) is 5.41 Å². The second kappa shape index (κ2) is 7.22. The number of hydrogen-bond donors (Lipinski definition) is 0. The quantitative estimate of drug-likeness (QED) is 0.664. The second-order valence-electron chi connectivity index (χ2n) is 8.28. The number of amides is 2. The molecule has 0 radical (unpaired) electrons. The van der Waals surface area contributed by atoms with Gasteiger partial charge >= 0.3 is 6.09 Å². The van der Waals surface area contributed by atoms with Crippen molar-refractivity contribution in [3.05, 3.63) is 28.7 Å². The molecule has 1 aromatic carbocycles. The van der Waals surface area contributed by atoms with E-state index in [0.717, 1.165) is 29.5 Å². The maximum Gasteiger partial charge on any atom is 0.410 e. The molecule has 2 amide bonds. The Morgan fingerprint density at radius 1 is 1.08 bits per heavy atom. The minimum atomic E-state index is -0.495. The molecular formula is C20H27BrN2O3. The molecule has 0 bridgehead atoms. The SMILES string of the molecule is CC(C)(C)OC(=O)N1CCC2(CCCN(c3ccc(Br)cc3)C2=O)CC1. The van der Waals surface area contributed by atoms with Gasteiger partial charge < -0.3 is 14.5 Å². The topological polar surface area (TPSA) is 49.9 Å². The fourth-order valence-electron chi connectivity index (χ4n) is 3.85. The molecule has 0 unspecified atom stereocenters. The van der Waals surface area contributed by atoms with Crippen molar-refractivity contribution in [1.82, 2.24) is 4.90 Å². The van der Waals surface area contributed by atoms with Gasteiger partial charge in [0, 0.05) is 29.8 Å². The predicted octanol–water partition coefficient (Wildman–Crippen LogP) is 4.59. The Bertz CT molecular complexity index is 673. The van der Waals surface area contributed by atoms with E-state index in [0.29, 0.717) is 25.9 Å². The van der Waals surface area contributed by atoms with Crippen molar-refractivity contribution in [3.63, 3.8) is 0 Å². The number of ether oxygens (including phenoxy) is 1. The second-order valence-corrected chi connectivity index (χ2v) is 9.20. The lowest BCUT2D eigenvalue weighted by atomic mass is 9.71. The molecule has 1 aromatic rings. The van der Waals surface area contributed by atoms with Gasteiger partial charge in [0.1, 0.15) is 5.60 Å². The highest BCUT2D eigenvalue weighted by Crippen LogP contribution is 2.42. The Morgan fingerprint density at radius 2 is 1.69 bits per heavy atom. The van der Waals surface area contributed by atoms with Crippen LogP contribution in [0.1, 0.15) is 46.5 Å². The number of carbonyl (C=O) groups excluding carboxylic acids is 2. The van der Waals surface area contributed by atoms with Crippen LogP contribution in [0.3, 0.4) is 0 Å². The van der Waals surface area contributed by atoms with E-state index in [-0.39, 0.29) is 17.4 Å². The van der Waals surface area contributed by atoms with E-state index in [2.05, 4.69) is 15.9 Å². The molecule has 2 heterocycles. The van der Waals surface area contributed by atoms with Gasteiger partial charge in [-0.1, -0.05) is 15.9 Å². The number of likely N-dealkylation sites (tertiary alicyclic amines) is 1. The van der Waals surface area contributed by atoms with Crippen molar-refractivity contribution in [1.29, 1.82) is 0 Å². The normalized spacial score (nSPS) is 20.4. The monoisotopic (exact) mass is 422 g/mol. The van der Waals surface area contributed by atoms with Gasteiger partial charge in [0.05, 0.1) is 5.41 Å². The molecule has 0 atom stereocenters. The summed E-state index contributed by atoms with van der Waals surface area (Å²) in [5.74, 6) is 0.204. The Labute approximate surface area is 163 Å². The fourth-order valence-corrected chi connectivity index (χ4v) is 4.11. The molecule has 6 heteroatoms. The summed E-state index contributed by atoms with van der Waals surface area (Å²) in [5.41, 5.74) is 0.113. The van der Waals surface area contributed by atoms with Crippen LogP contribution in [-0.2, 0) is 9.53 Å². The zero-order chi connectivity index (χ0) is 18.9. The average molecular weight is 423 g/mol. The van der Waals surface area contributed by atoms with E-state index in [9.17, 15) is 9.59 Å². The number of benzene rings is 1. The number of carbonyl (C=O) groups is 2. The molecule has 3 rings (SSSR count). The van der Waals surface area contributed by atoms with Crippen LogP contribution in [-0.4, -0.2) is 42.1 Å². The predicted molar refractivity (Wildman–Crippen MR) is 105 cm³/mol. The highest BCUT2D eigenvalue weighted by atomic mass is 79.9. The minimum Gasteiger partial charge on any atom is -0.444 e. The largest absolute Gasteiger partial charge is 0.444 e. The van der Waals surface area contributed by atoms with E-state index in [1.807, 2.05) is 49.9 Å². The summed E-state index contributed by atoms with van der Waals surface area (Å²) >= 11 is 3.44. The van der Waals surface area contributed by atoms with Gasteiger partial charge in [-0.05, 0) is 70.7 Å². The first-order valence-electron chi connectivity index (χ1n) is 9.26.